The van der Waals surface area contributed by atoms with E-state index in [9.17, 15) is 12.8 Å². The summed E-state index contributed by atoms with van der Waals surface area (Å²) < 4.78 is 40.3. The second kappa shape index (κ2) is 5.54. The van der Waals surface area contributed by atoms with E-state index in [4.69, 9.17) is 0 Å². The van der Waals surface area contributed by atoms with Gasteiger partial charge in [-0.3, -0.25) is 4.72 Å². The van der Waals surface area contributed by atoms with Crippen LogP contribution in [0.2, 0.25) is 0 Å². The minimum atomic E-state index is -3.48. The molecule has 0 aromatic heterocycles. The van der Waals surface area contributed by atoms with E-state index in [0.717, 1.165) is 19.0 Å². The predicted octanol–water partition coefficient (Wildman–Crippen LogP) is 2.08. The van der Waals surface area contributed by atoms with Gasteiger partial charge in [-0.2, -0.15) is 0 Å². The Morgan fingerprint density at radius 2 is 2.22 bits per heavy atom. The lowest BCUT2D eigenvalue weighted by Crippen LogP contribution is -2.41. The van der Waals surface area contributed by atoms with Crippen molar-refractivity contribution in [2.45, 2.75) is 18.1 Å². The molecule has 0 radical (unpaired) electrons. The Bertz CT molecular complexity index is 530. The van der Waals surface area contributed by atoms with Gasteiger partial charge in [-0.05, 0) is 53.5 Å². The van der Waals surface area contributed by atoms with Gasteiger partial charge in [-0.1, -0.05) is 0 Å². The molecule has 1 aromatic carbocycles. The molecule has 1 saturated heterocycles. The molecule has 1 aliphatic rings. The highest BCUT2D eigenvalue weighted by Gasteiger charge is 2.27. The highest BCUT2D eigenvalue weighted by molar-refractivity contribution is 9.10. The van der Waals surface area contributed by atoms with Crippen LogP contribution in [-0.2, 0) is 10.0 Å². The van der Waals surface area contributed by atoms with Crippen molar-refractivity contribution in [3.05, 3.63) is 28.5 Å². The molecule has 1 aromatic rings. The van der Waals surface area contributed by atoms with Crippen LogP contribution in [0.15, 0.2) is 22.7 Å². The van der Waals surface area contributed by atoms with Gasteiger partial charge < -0.3 is 5.32 Å². The van der Waals surface area contributed by atoms with E-state index in [0.29, 0.717) is 17.4 Å². The molecular formula is C11H14BrFN2O2S. The fourth-order valence-electron chi connectivity index (χ4n) is 1.90. The number of benzene rings is 1. The van der Waals surface area contributed by atoms with Crippen molar-refractivity contribution in [3.8, 4) is 0 Å². The molecular weight excluding hydrogens is 323 g/mol. The first kappa shape index (κ1) is 13.8. The highest BCUT2D eigenvalue weighted by Crippen LogP contribution is 2.25. The summed E-state index contributed by atoms with van der Waals surface area (Å²) in [6.07, 6.45) is 1.45. The minimum absolute atomic E-state index is 0.237. The zero-order chi connectivity index (χ0) is 13.2. The van der Waals surface area contributed by atoms with Crippen LogP contribution in [0.3, 0.4) is 0 Å². The van der Waals surface area contributed by atoms with Gasteiger partial charge in [0.15, 0.2) is 0 Å². The molecule has 0 aliphatic carbocycles. The maximum Gasteiger partial charge on any atom is 0.236 e. The van der Waals surface area contributed by atoms with Crippen molar-refractivity contribution in [2.75, 3.05) is 17.8 Å². The summed E-state index contributed by atoms with van der Waals surface area (Å²) in [4.78, 5) is 0. The summed E-state index contributed by atoms with van der Waals surface area (Å²) in [5.74, 6) is -0.474. The maximum atomic E-state index is 13.1. The summed E-state index contributed by atoms with van der Waals surface area (Å²) in [6, 6.07) is 3.91. The molecule has 1 heterocycles. The molecule has 0 saturated carbocycles. The smallest absolute Gasteiger partial charge is 0.236 e. The first-order valence-electron chi connectivity index (χ1n) is 5.66. The van der Waals surface area contributed by atoms with Crippen molar-refractivity contribution in [3.63, 3.8) is 0 Å². The third-order valence-corrected chi connectivity index (χ3v) is 5.35. The van der Waals surface area contributed by atoms with E-state index in [1.165, 1.54) is 12.1 Å². The first-order valence-corrected chi connectivity index (χ1v) is 8.00. The standard InChI is InChI=1S/C11H14BrFN2O2S/c12-10-4-3-8(13)6-11(10)15-18(16,17)9-2-1-5-14-7-9/h3-4,6,9,14-15H,1-2,5,7H2. The van der Waals surface area contributed by atoms with Gasteiger partial charge in [-0.15, -0.1) is 0 Å². The molecule has 1 fully saturated rings. The van der Waals surface area contributed by atoms with Crippen LogP contribution < -0.4 is 10.0 Å². The lowest BCUT2D eigenvalue weighted by atomic mass is 10.2. The molecule has 4 nitrogen and oxygen atoms in total. The van der Waals surface area contributed by atoms with E-state index in [1.54, 1.807) is 0 Å². The summed E-state index contributed by atoms with van der Waals surface area (Å²) in [6.45, 7) is 1.28. The van der Waals surface area contributed by atoms with Crippen LogP contribution in [0.4, 0.5) is 10.1 Å². The van der Waals surface area contributed by atoms with Crippen LogP contribution in [0.1, 0.15) is 12.8 Å². The number of halogens is 2. The fraction of sp³-hybridized carbons (Fsp3) is 0.455. The normalized spacial score (nSPS) is 20.7. The summed E-state index contributed by atoms with van der Waals surface area (Å²) in [5, 5.41) is 2.58. The molecule has 18 heavy (non-hydrogen) atoms. The van der Waals surface area contributed by atoms with Gasteiger partial charge in [0.05, 0.1) is 10.9 Å². The van der Waals surface area contributed by atoms with Gasteiger partial charge in [0.2, 0.25) is 10.0 Å². The monoisotopic (exact) mass is 336 g/mol. The Morgan fingerprint density at radius 3 is 2.89 bits per heavy atom. The summed E-state index contributed by atoms with van der Waals surface area (Å²) in [5.41, 5.74) is 0.237. The number of sulfonamides is 1. The van der Waals surface area contributed by atoms with Crippen molar-refractivity contribution in [2.24, 2.45) is 0 Å². The number of nitrogens with one attached hydrogen (secondary N) is 2. The van der Waals surface area contributed by atoms with E-state index >= 15 is 0 Å². The van der Waals surface area contributed by atoms with Gasteiger partial charge in [-0.25, -0.2) is 12.8 Å². The SMILES string of the molecule is O=S(=O)(Nc1cc(F)ccc1Br)C1CCCNC1. The van der Waals surface area contributed by atoms with Gasteiger partial charge >= 0.3 is 0 Å². The van der Waals surface area contributed by atoms with Crippen LogP contribution >= 0.6 is 15.9 Å². The third-order valence-electron chi connectivity index (χ3n) is 2.87. The molecule has 0 bridgehead atoms. The van der Waals surface area contributed by atoms with Crippen molar-refractivity contribution in [1.29, 1.82) is 0 Å². The van der Waals surface area contributed by atoms with Crippen LogP contribution in [0.5, 0.6) is 0 Å². The van der Waals surface area contributed by atoms with Crippen LogP contribution in [0.25, 0.3) is 0 Å². The Labute approximate surface area is 114 Å². The second-order valence-electron chi connectivity index (χ2n) is 4.24. The molecule has 0 amide bonds. The molecule has 1 unspecified atom stereocenters. The third kappa shape index (κ3) is 3.21. The summed E-state index contributed by atoms with van der Waals surface area (Å²) >= 11 is 3.20. The zero-order valence-corrected chi connectivity index (χ0v) is 12.0. The Hall–Kier alpha value is -0.660. The molecule has 0 spiro atoms. The predicted molar refractivity (Wildman–Crippen MR) is 72.5 cm³/mol. The molecule has 2 rings (SSSR count). The molecule has 1 atom stereocenters. The lowest BCUT2D eigenvalue weighted by Gasteiger charge is -2.23. The van der Waals surface area contributed by atoms with Crippen molar-refractivity contribution in [1.82, 2.24) is 5.32 Å². The second-order valence-corrected chi connectivity index (χ2v) is 7.05. The van der Waals surface area contributed by atoms with E-state index < -0.39 is 21.1 Å². The average molecular weight is 337 g/mol. The molecule has 1 aliphatic heterocycles. The zero-order valence-electron chi connectivity index (χ0n) is 9.62. The topological polar surface area (TPSA) is 58.2 Å². The Kier molecular flexibility index (Phi) is 4.24. The van der Waals surface area contributed by atoms with E-state index in [1.807, 2.05) is 0 Å². The average Bonchev–Trinajstić information content (AvgIpc) is 2.35. The lowest BCUT2D eigenvalue weighted by molar-refractivity contribution is 0.499. The maximum absolute atomic E-state index is 13.1. The van der Waals surface area contributed by atoms with Gasteiger partial charge in [0.25, 0.3) is 0 Å². The molecule has 2 N–H and O–H groups in total. The van der Waals surface area contributed by atoms with E-state index in [-0.39, 0.29) is 5.69 Å². The Morgan fingerprint density at radius 1 is 1.44 bits per heavy atom. The number of piperidine rings is 1. The molecule has 100 valence electrons. The number of hydrogen-bond acceptors (Lipinski definition) is 3. The van der Waals surface area contributed by atoms with Crippen molar-refractivity contribution >= 4 is 31.6 Å². The minimum Gasteiger partial charge on any atom is -0.315 e. The largest absolute Gasteiger partial charge is 0.315 e. The van der Waals surface area contributed by atoms with Crippen molar-refractivity contribution < 1.29 is 12.8 Å². The van der Waals surface area contributed by atoms with Crippen LogP contribution in [-0.4, -0.2) is 26.8 Å². The fourth-order valence-corrected chi connectivity index (χ4v) is 3.83. The van der Waals surface area contributed by atoms with Gasteiger partial charge in [0, 0.05) is 11.0 Å². The highest BCUT2D eigenvalue weighted by atomic mass is 79.9. The van der Waals surface area contributed by atoms with Crippen LogP contribution in [0, 0.1) is 5.82 Å². The summed E-state index contributed by atoms with van der Waals surface area (Å²) in [7, 11) is -3.48. The van der Waals surface area contributed by atoms with E-state index in [2.05, 4.69) is 26.0 Å². The number of hydrogen-bond donors (Lipinski definition) is 2. The number of rotatable bonds is 3. The number of anilines is 1. The first-order chi connectivity index (χ1) is 8.49. The quantitative estimate of drug-likeness (QED) is 0.888. The Balaban J connectivity index is 2.18. The van der Waals surface area contributed by atoms with Gasteiger partial charge in [0.1, 0.15) is 5.82 Å². The molecule has 7 heteroatoms.